The van der Waals surface area contributed by atoms with Gasteiger partial charge in [-0.15, -0.1) is 11.3 Å². The summed E-state index contributed by atoms with van der Waals surface area (Å²) >= 11 is 1.62. The fraction of sp³-hybridized carbons (Fsp3) is 0.190. The number of thiazole rings is 1. The second-order valence-electron chi connectivity index (χ2n) is 6.73. The lowest BCUT2D eigenvalue weighted by Gasteiger charge is -2.22. The number of amides is 1. The zero-order valence-corrected chi connectivity index (χ0v) is 15.4. The zero-order chi connectivity index (χ0) is 18.2. The molecule has 0 spiro atoms. The van der Waals surface area contributed by atoms with E-state index in [4.69, 9.17) is 9.97 Å². The number of rotatable bonds is 4. The molecule has 1 atom stereocenters. The molecule has 4 aromatic rings. The Morgan fingerprint density at radius 2 is 1.89 bits per heavy atom. The predicted molar refractivity (Wildman–Crippen MR) is 106 cm³/mol. The number of carbonyl (C=O) groups is 1. The highest BCUT2D eigenvalue weighted by Gasteiger charge is 2.34. The standard InChI is InChI=1S/C21H18N4OS/c26-19-11-10-18(20-23-16-8-4-5-9-17(16)24-20)25(19)12-15-13-27-21(22-15)14-6-2-1-3-7-14/h1-9,13,18H,10-12H2,(H,23,24)/t18-/m1/s1. The number of aromatic nitrogens is 3. The Balaban J connectivity index is 1.41. The molecule has 1 fully saturated rings. The van der Waals surface area contributed by atoms with Gasteiger partial charge < -0.3 is 9.88 Å². The van der Waals surface area contributed by atoms with Crippen LogP contribution in [0.3, 0.4) is 0 Å². The number of nitrogens with one attached hydrogen (secondary N) is 1. The van der Waals surface area contributed by atoms with E-state index in [1.165, 1.54) is 0 Å². The van der Waals surface area contributed by atoms with Crippen LogP contribution in [0.1, 0.15) is 30.4 Å². The van der Waals surface area contributed by atoms with E-state index in [1.807, 2.05) is 52.7 Å². The number of imidazole rings is 1. The molecule has 0 saturated carbocycles. The fourth-order valence-electron chi connectivity index (χ4n) is 3.61. The molecule has 1 amide bonds. The third-order valence-corrected chi connectivity index (χ3v) is 5.90. The van der Waals surface area contributed by atoms with Gasteiger partial charge in [-0.3, -0.25) is 4.79 Å². The zero-order valence-electron chi connectivity index (χ0n) is 14.6. The monoisotopic (exact) mass is 374 g/mol. The summed E-state index contributed by atoms with van der Waals surface area (Å²) in [6.07, 6.45) is 1.34. The van der Waals surface area contributed by atoms with Crippen LogP contribution in [-0.2, 0) is 11.3 Å². The number of aromatic amines is 1. The van der Waals surface area contributed by atoms with Crippen LogP contribution < -0.4 is 0 Å². The van der Waals surface area contributed by atoms with Crippen molar-refractivity contribution in [2.24, 2.45) is 0 Å². The van der Waals surface area contributed by atoms with E-state index in [9.17, 15) is 4.79 Å². The van der Waals surface area contributed by atoms with Crippen LogP contribution >= 0.6 is 11.3 Å². The van der Waals surface area contributed by atoms with Crippen molar-refractivity contribution in [2.75, 3.05) is 0 Å². The molecule has 2 aromatic heterocycles. The van der Waals surface area contributed by atoms with Gasteiger partial charge in [0.1, 0.15) is 10.8 Å². The minimum absolute atomic E-state index is 0.0215. The topological polar surface area (TPSA) is 61.9 Å². The second-order valence-corrected chi connectivity index (χ2v) is 7.58. The molecule has 5 nitrogen and oxygen atoms in total. The van der Waals surface area contributed by atoms with Gasteiger partial charge in [0.15, 0.2) is 0 Å². The molecule has 3 heterocycles. The maximum Gasteiger partial charge on any atom is 0.223 e. The predicted octanol–water partition coefficient (Wildman–Crippen LogP) is 4.55. The number of hydrogen-bond donors (Lipinski definition) is 1. The average Bonchev–Trinajstić information content (AvgIpc) is 3.42. The van der Waals surface area contributed by atoms with Crippen LogP contribution in [0.25, 0.3) is 21.6 Å². The van der Waals surface area contributed by atoms with Gasteiger partial charge in [-0.1, -0.05) is 42.5 Å². The third kappa shape index (κ3) is 3.02. The van der Waals surface area contributed by atoms with Crippen molar-refractivity contribution in [2.45, 2.75) is 25.4 Å². The van der Waals surface area contributed by atoms with Crippen LogP contribution in [0.15, 0.2) is 60.0 Å². The number of hydrogen-bond acceptors (Lipinski definition) is 4. The Labute approximate surface area is 160 Å². The number of likely N-dealkylation sites (tertiary alicyclic amines) is 1. The molecule has 2 aromatic carbocycles. The Kier molecular flexibility index (Phi) is 3.98. The molecule has 134 valence electrons. The average molecular weight is 374 g/mol. The highest BCUT2D eigenvalue weighted by Crippen LogP contribution is 2.34. The van der Waals surface area contributed by atoms with Crippen LogP contribution in [0.4, 0.5) is 0 Å². The molecule has 0 bridgehead atoms. The first-order valence-corrected chi connectivity index (χ1v) is 9.90. The molecule has 6 heteroatoms. The number of nitrogens with zero attached hydrogens (tertiary/aromatic N) is 3. The molecule has 0 unspecified atom stereocenters. The van der Waals surface area contributed by atoms with Crippen molar-refractivity contribution in [3.05, 3.63) is 71.5 Å². The maximum absolute atomic E-state index is 12.5. The number of benzene rings is 2. The summed E-state index contributed by atoms with van der Waals surface area (Å²) in [7, 11) is 0. The van der Waals surface area contributed by atoms with E-state index in [1.54, 1.807) is 11.3 Å². The van der Waals surface area contributed by atoms with Crippen LogP contribution in [-0.4, -0.2) is 25.8 Å². The van der Waals surface area contributed by atoms with Gasteiger partial charge in [0, 0.05) is 17.4 Å². The van der Waals surface area contributed by atoms with Gasteiger partial charge in [-0.05, 0) is 18.6 Å². The number of carbonyl (C=O) groups excluding carboxylic acids is 1. The largest absolute Gasteiger partial charge is 0.340 e. The molecule has 5 rings (SSSR count). The van der Waals surface area contributed by atoms with Crippen molar-refractivity contribution >= 4 is 28.3 Å². The van der Waals surface area contributed by atoms with Crippen LogP contribution in [0.5, 0.6) is 0 Å². The lowest BCUT2D eigenvalue weighted by atomic mass is 10.2. The van der Waals surface area contributed by atoms with Gasteiger partial charge in [-0.25, -0.2) is 9.97 Å². The van der Waals surface area contributed by atoms with Crippen molar-refractivity contribution in [1.29, 1.82) is 0 Å². The van der Waals surface area contributed by atoms with Crippen LogP contribution in [0.2, 0.25) is 0 Å². The molecule has 0 aliphatic carbocycles. The Morgan fingerprint density at radius 3 is 2.74 bits per heavy atom. The molecule has 1 aliphatic rings. The van der Waals surface area contributed by atoms with Crippen molar-refractivity contribution in [3.8, 4) is 10.6 Å². The second kappa shape index (κ2) is 6.63. The minimum atomic E-state index is -0.0215. The summed E-state index contributed by atoms with van der Waals surface area (Å²) in [5.41, 5.74) is 3.98. The van der Waals surface area contributed by atoms with E-state index in [2.05, 4.69) is 17.1 Å². The van der Waals surface area contributed by atoms with E-state index in [-0.39, 0.29) is 11.9 Å². The molecule has 0 radical (unpaired) electrons. The van der Waals surface area contributed by atoms with Gasteiger partial charge in [0.2, 0.25) is 5.91 Å². The lowest BCUT2D eigenvalue weighted by molar-refractivity contribution is -0.129. The smallest absolute Gasteiger partial charge is 0.223 e. The van der Waals surface area contributed by atoms with Crippen molar-refractivity contribution in [1.82, 2.24) is 19.9 Å². The number of fused-ring (bicyclic) bond motifs is 1. The molecular formula is C21H18N4OS. The van der Waals surface area contributed by atoms with E-state index in [0.29, 0.717) is 13.0 Å². The molecule has 1 N–H and O–H groups in total. The first-order chi connectivity index (χ1) is 13.3. The highest BCUT2D eigenvalue weighted by atomic mass is 32.1. The summed E-state index contributed by atoms with van der Waals surface area (Å²) in [6, 6.07) is 18.1. The first-order valence-electron chi connectivity index (χ1n) is 9.02. The minimum Gasteiger partial charge on any atom is -0.340 e. The van der Waals surface area contributed by atoms with Crippen molar-refractivity contribution in [3.63, 3.8) is 0 Å². The molecule has 1 saturated heterocycles. The van der Waals surface area contributed by atoms with Crippen molar-refractivity contribution < 1.29 is 4.79 Å². The normalized spacial score (nSPS) is 17.1. The van der Waals surface area contributed by atoms with Gasteiger partial charge >= 0.3 is 0 Å². The van der Waals surface area contributed by atoms with E-state index in [0.717, 1.165) is 39.5 Å². The van der Waals surface area contributed by atoms with E-state index < -0.39 is 0 Å². The quantitative estimate of drug-likeness (QED) is 0.570. The maximum atomic E-state index is 12.5. The van der Waals surface area contributed by atoms with Gasteiger partial charge in [-0.2, -0.15) is 0 Å². The number of H-pyrrole nitrogens is 1. The molecule has 27 heavy (non-hydrogen) atoms. The Bertz CT molecular complexity index is 1070. The summed E-state index contributed by atoms with van der Waals surface area (Å²) in [5.74, 6) is 1.02. The van der Waals surface area contributed by atoms with Crippen LogP contribution in [0, 0.1) is 0 Å². The summed E-state index contributed by atoms with van der Waals surface area (Å²) < 4.78 is 0. The van der Waals surface area contributed by atoms with Gasteiger partial charge in [0.25, 0.3) is 0 Å². The SMILES string of the molecule is O=C1CC[C@H](c2nc3ccccc3[nH]2)N1Cc1csc(-c2ccccc2)n1. The first kappa shape index (κ1) is 16.2. The third-order valence-electron chi connectivity index (χ3n) is 4.96. The highest BCUT2D eigenvalue weighted by molar-refractivity contribution is 7.13. The Hall–Kier alpha value is -2.99. The van der Waals surface area contributed by atoms with E-state index >= 15 is 0 Å². The summed E-state index contributed by atoms with van der Waals surface area (Å²) in [4.78, 5) is 27.3. The lowest BCUT2D eigenvalue weighted by Crippen LogP contribution is -2.27. The van der Waals surface area contributed by atoms with Gasteiger partial charge in [0.05, 0.1) is 29.3 Å². The molecular weight excluding hydrogens is 356 g/mol. The Morgan fingerprint density at radius 1 is 1.07 bits per heavy atom. The summed E-state index contributed by atoms with van der Waals surface area (Å²) in [5, 5.41) is 3.03. The number of para-hydroxylation sites is 2. The molecule has 1 aliphatic heterocycles. The summed E-state index contributed by atoms with van der Waals surface area (Å²) in [6.45, 7) is 0.518. The fourth-order valence-corrected chi connectivity index (χ4v) is 4.43.